The molecule has 0 atom stereocenters. The van der Waals surface area contributed by atoms with Crippen LogP contribution in [0.3, 0.4) is 0 Å². The van der Waals surface area contributed by atoms with E-state index in [0.717, 1.165) is 75.9 Å². The molecule has 7 nitrogen and oxygen atoms in total. The van der Waals surface area contributed by atoms with E-state index in [1.54, 1.807) is 20.5 Å². The molecule has 1 aromatic carbocycles. The van der Waals surface area contributed by atoms with E-state index in [9.17, 15) is 0 Å². The number of guanidine groups is 1. The zero-order chi connectivity index (χ0) is 21.7. The number of benzene rings is 1. The molecule has 0 amide bonds. The Balaban J connectivity index is 0.00000363. The number of likely N-dealkylation sites (tertiary alicyclic amines) is 1. The lowest BCUT2D eigenvalue weighted by molar-refractivity contribution is 0.128. The van der Waals surface area contributed by atoms with Crippen molar-refractivity contribution in [1.82, 2.24) is 15.5 Å². The largest absolute Gasteiger partial charge is 0.497 e. The molecule has 0 saturated carbocycles. The van der Waals surface area contributed by atoms with Crippen molar-refractivity contribution in [3.63, 3.8) is 0 Å². The van der Waals surface area contributed by atoms with Crippen LogP contribution in [-0.2, 0) is 17.6 Å². The van der Waals surface area contributed by atoms with Crippen LogP contribution in [0.1, 0.15) is 24.2 Å². The number of halogens is 1. The molecule has 178 valence electrons. The molecule has 0 unspecified atom stereocenters. The Morgan fingerprint density at radius 3 is 2.56 bits per heavy atom. The second-order valence-corrected chi connectivity index (χ2v) is 7.84. The van der Waals surface area contributed by atoms with Crippen molar-refractivity contribution < 1.29 is 13.9 Å². The van der Waals surface area contributed by atoms with Crippen LogP contribution in [0.25, 0.3) is 0 Å². The first-order chi connectivity index (χ1) is 15.3. The third-order valence-electron chi connectivity index (χ3n) is 5.61. The summed E-state index contributed by atoms with van der Waals surface area (Å²) in [5.74, 6) is 2.73. The molecule has 0 radical (unpaired) electrons. The van der Waals surface area contributed by atoms with Crippen molar-refractivity contribution in [2.24, 2.45) is 4.99 Å². The van der Waals surface area contributed by atoms with Gasteiger partial charge in [0.25, 0.3) is 0 Å². The smallest absolute Gasteiger partial charge is 0.191 e. The molecule has 2 heterocycles. The highest BCUT2D eigenvalue weighted by atomic mass is 127. The first kappa shape index (κ1) is 26.5. The Kier molecular flexibility index (Phi) is 12.5. The molecule has 1 aliphatic rings. The minimum Gasteiger partial charge on any atom is -0.497 e. The number of hydrogen-bond acceptors (Lipinski definition) is 5. The number of methoxy groups -OCH3 is 2. The monoisotopic (exact) mass is 556 g/mol. The minimum atomic E-state index is 0. The van der Waals surface area contributed by atoms with Crippen molar-refractivity contribution >= 4 is 29.9 Å². The van der Waals surface area contributed by atoms with Gasteiger partial charge in [0.1, 0.15) is 11.5 Å². The van der Waals surface area contributed by atoms with Gasteiger partial charge in [-0.05, 0) is 49.1 Å². The van der Waals surface area contributed by atoms with Crippen LogP contribution in [0.2, 0.25) is 0 Å². The van der Waals surface area contributed by atoms with E-state index in [1.165, 1.54) is 5.56 Å². The molecule has 0 spiro atoms. The molecule has 1 saturated heterocycles. The first-order valence-corrected chi connectivity index (χ1v) is 11.2. The van der Waals surface area contributed by atoms with Crippen LogP contribution >= 0.6 is 24.0 Å². The van der Waals surface area contributed by atoms with E-state index in [-0.39, 0.29) is 24.0 Å². The molecule has 1 aliphatic heterocycles. The summed E-state index contributed by atoms with van der Waals surface area (Å²) in [4.78, 5) is 7.27. The summed E-state index contributed by atoms with van der Waals surface area (Å²) in [6.07, 6.45) is 5.66. The van der Waals surface area contributed by atoms with Crippen molar-refractivity contribution in [2.75, 3.05) is 53.6 Å². The lowest BCUT2D eigenvalue weighted by atomic mass is 10.1. The van der Waals surface area contributed by atoms with Crippen molar-refractivity contribution in [3.05, 3.63) is 54.0 Å². The average molecular weight is 556 g/mol. The highest BCUT2D eigenvalue weighted by molar-refractivity contribution is 14.0. The van der Waals surface area contributed by atoms with Crippen molar-refractivity contribution in [3.8, 4) is 5.75 Å². The molecule has 3 rings (SSSR count). The van der Waals surface area contributed by atoms with E-state index >= 15 is 0 Å². The minimum absolute atomic E-state index is 0. The maximum atomic E-state index is 5.43. The standard InChI is InChI=1S/C24H36N4O3.HI/c1-29-19-17-28-15-11-21(12-16-28)27-24(26-14-10-23-4-3-18-31-23)25-13-9-20-5-7-22(30-2)8-6-20;/h3-8,18,21H,9-17,19H2,1-2H3,(H2,25,26,27);1H. The molecule has 2 N–H and O–H groups in total. The summed E-state index contributed by atoms with van der Waals surface area (Å²) in [7, 11) is 3.45. The van der Waals surface area contributed by atoms with Crippen molar-refractivity contribution in [1.29, 1.82) is 0 Å². The second-order valence-electron chi connectivity index (χ2n) is 7.84. The second kappa shape index (κ2) is 15.1. The summed E-state index contributed by atoms with van der Waals surface area (Å²) >= 11 is 0. The van der Waals surface area contributed by atoms with Crippen LogP contribution in [0.4, 0.5) is 0 Å². The van der Waals surface area contributed by atoms with Crippen LogP contribution in [0.5, 0.6) is 5.75 Å². The van der Waals surface area contributed by atoms with Crippen LogP contribution in [0.15, 0.2) is 52.1 Å². The van der Waals surface area contributed by atoms with Gasteiger partial charge in [-0.1, -0.05) is 12.1 Å². The van der Waals surface area contributed by atoms with Gasteiger partial charge in [-0.25, -0.2) is 0 Å². The third kappa shape index (κ3) is 9.38. The molecule has 0 bridgehead atoms. The number of nitrogens with zero attached hydrogens (tertiary/aromatic N) is 2. The third-order valence-corrected chi connectivity index (χ3v) is 5.61. The van der Waals surface area contributed by atoms with Gasteiger partial charge in [0.05, 0.1) is 20.0 Å². The zero-order valence-corrected chi connectivity index (χ0v) is 21.5. The number of furan rings is 1. The lowest BCUT2D eigenvalue weighted by Crippen LogP contribution is -2.49. The van der Waals surface area contributed by atoms with Crippen molar-refractivity contribution in [2.45, 2.75) is 31.7 Å². The van der Waals surface area contributed by atoms with E-state index in [2.05, 4.69) is 27.7 Å². The van der Waals surface area contributed by atoms with E-state index in [1.807, 2.05) is 24.3 Å². The van der Waals surface area contributed by atoms with Crippen LogP contribution in [0, 0.1) is 0 Å². The van der Waals surface area contributed by atoms with Crippen LogP contribution < -0.4 is 15.4 Å². The SMILES string of the molecule is COCCN1CCC(NC(=NCCc2ccco2)NCCc2ccc(OC)cc2)CC1.I. The summed E-state index contributed by atoms with van der Waals surface area (Å²) < 4.78 is 15.9. The predicted octanol–water partition coefficient (Wildman–Crippen LogP) is 3.34. The molecule has 32 heavy (non-hydrogen) atoms. The van der Waals surface area contributed by atoms with E-state index in [4.69, 9.17) is 18.9 Å². The fourth-order valence-corrected chi connectivity index (χ4v) is 3.72. The van der Waals surface area contributed by atoms with Gasteiger partial charge in [0.2, 0.25) is 0 Å². The topological polar surface area (TPSA) is 71.3 Å². The Labute approximate surface area is 209 Å². The Hall–Kier alpha value is -1.78. The van der Waals surface area contributed by atoms with Gasteiger partial charge in [0, 0.05) is 52.3 Å². The molecule has 8 heteroatoms. The summed E-state index contributed by atoms with van der Waals surface area (Å²) in [5, 5.41) is 7.16. The maximum Gasteiger partial charge on any atom is 0.191 e. The van der Waals surface area contributed by atoms with Gasteiger partial charge >= 0.3 is 0 Å². The molecular formula is C24H37IN4O3. The number of rotatable bonds is 11. The van der Waals surface area contributed by atoms with Gasteiger partial charge in [0.15, 0.2) is 5.96 Å². The van der Waals surface area contributed by atoms with Crippen LogP contribution in [-0.4, -0.2) is 70.5 Å². The first-order valence-electron chi connectivity index (χ1n) is 11.2. The molecule has 1 fully saturated rings. The van der Waals surface area contributed by atoms with E-state index in [0.29, 0.717) is 12.6 Å². The number of ether oxygens (including phenoxy) is 2. The number of aliphatic imine (C=N–C) groups is 1. The molecule has 0 aliphatic carbocycles. The summed E-state index contributed by atoms with van der Waals surface area (Å²) in [5.41, 5.74) is 1.27. The summed E-state index contributed by atoms with van der Waals surface area (Å²) in [6.45, 7) is 5.50. The molecule has 1 aromatic heterocycles. The van der Waals surface area contributed by atoms with Gasteiger partial charge in [-0.2, -0.15) is 0 Å². The number of hydrogen-bond donors (Lipinski definition) is 2. The Bertz CT molecular complexity index is 760. The lowest BCUT2D eigenvalue weighted by Gasteiger charge is -2.33. The Morgan fingerprint density at radius 1 is 1.12 bits per heavy atom. The highest BCUT2D eigenvalue weighted by Gasteiger charge is 2.19. The maximum absolute atomic E-state index is 5.43. The fraction of sp³-hybridized carbons (Fsp3) is 0.542. The fourth-order valence-electron chi connectivity index (χ4n) is 3.72. The predicted molar refractivity (Wildman–Crippen MR) is 139 cm³/mol. The van der Waals surface area contributed by atoms with E-state index < -0.39 is 0 Å². The average Bonchev–Trinajstić information content (AvgIpc) is 3.32. The van der Waals surface area contributed by atoms with Gasteiger partial charge < -0.3 is 29.4 Å². The normalized spacial score (nSPS) is 15.2. The molecule has 2 aromatic rings. The molecular weight excluding hydrogens is 519 g/mol. The highest BCUT2D eigenvalue weighted by Crippen LogP contribution is 2.12. The summed E-state index contributed by atoms with van der Waals surface area (Å²) in [6, 6.07) is 12.6. The Morgan fingerprint density at radius 2 is 1.91 bits per heavy atom. The number of nitrogens with one attached hydrogen (secondary N) is 2. The van der Waals surface area contributed by atoms with Gasteiger partial charge in [-0.15, -0.1) is 24.0 Å². The zero-order valence-electron chi connectivity index (χ0n) is 19.2. The van der Waals surface area contributed by atoms with Gasteiger partial charge in [-0.3, -0.25) is 4.99 Å². The number of piperidine rings is 1. The quantitative estimate of drug-likeness (QED) is 0.252.